The highest BCUT2D eigenvalue weighted by atomic mass is 32.2. The Hall–Kier alpha value is -4.31. The number of unbranched alkanes of at least 4 members (excludes halogenated alkanes) is 1. The van der Waals surface area contributed by atoms with Crippen molar-refractivity contribution >= 4 is 17.7 Å². The minimum atomic E-state index is -0.924. The average Bonchev–Trinajstić information content (AvgIpc) is 3.62. The van der Waals surface area contributed by atoms with Crippen LogP contribution in [0.3, 0.4) is 0 Å². The second-order valence-corrected chi connectivity index (χ2v) is 9.77. The van der Waals surface area contributed by atoms with Crippen molar-refractivity contribution in [3.05, 3.63) is 95.3 Å². The van der Waals surface area contributed by atoms with Gasteiger partial charge in [-0.2, -0.15) is 0 Å². The van der Waals surface area contributed by atoms with Crippen molar-refractivity contribution in [2.24, 2.45) is 0 Å². The van der Waals surface area contributed by atoms with Crippen LogP contribution >= 0.6 is 11.8 Å². The van der Waals surface area contributed by atoms with Crippen molar-refractivity contribution in [1.29, 1.82) is 0 Å². The van der Waals surface area contributed by atoms with E-state index in [0.29, 0.717) is 23.7 Å². The number of benzene rings is 3. The lowest BCUT2D eigenvalue weighted by atomic mass is 9.98. The normalized spacial score (nSPS) is 11.1. The highest BCUT2D eigenvalue weighted by Gasteiger charge is 2.16. The van der Waals surface area contributed by atoms with E-state index in [9.17, 15) is 9.90 Å². The number of aryl methyl sites for hydroxylation is 1. The fraction of sp³-hybridized carbons (Fsp3) is 0.214. The summed E-state index contributed by atoms with van der Waals surface area (Å²) in [7, 11) is 0. The van der Waals surface area contributed by atoms with Crippen LogP contribution in [0, 0.1) is 0 Å². The quantitative estimate of drug-likeness (QED) is 0.217. The molecule has 5 rings (SSSR count). The molecule has 0 amide bonds. The second-order valence-electron chi connectivity index (χ2n) is 8.83. The molecule has 2 aromatic heterocycles. The van der Waals surface area contributed by atoms with Crippen LogP contribution in [0.25, 0.3) is 22.5 Å². The molecule has 0 fully saturated rings. The zero-order valence-corrected chi connectivity index (χ0v) is 21.7. The Kier molecular flexibility index (Phi) is 7.89. The number of aromatic amines is 1. The molecule has 0 saturated carbocycles. The number of H-pyrrole nitrogens is 1. The number of hydrogen-bond acceptors (Lipinski definition) is 7. The van der Waals surface area contributed by atoms with Crippen LogP contribution < -0.4 is 0 Å². The maximum absolute atomic E-state index is 11.6. The molecular weight excluding hydrogens is 498 g/mol. The Morgan fingerprint density at radius 1 is 0.947 bits per heavy atom. The smallest absolute Gasteiger partial charge is 0.335 e. The summed E-state index contributed by atoms with van der Waals surface area (Å²) in [6, 6.07) is 23.5. The number of aromatic nitrogens is 7. The standard InChI is InChI=1S/C28H27N7O2S/c1-2-3-12-25-29-32-28(38-18-21-8-4-5-10-23(21)27(36)37)35(25)17-19-13-15-20(16-14-19)22-9-6-7-11-24(22)26-30-33-34-31-26/h4-11,13-16H,2-3,12,17-18H2,1H3,(H,36,37)(H,30,31,33,34). The maximum Gasteiger partial charge on any atom is 0.335 e. The average molecular weight is 526 g/mol. The summed E-state index contributed by atoms with van der Waals surface area (Å²) >= 11 is 1.51. The molecule has 192 valence electrons. The first-order valence-electron chi connectivity index (χ1n) is 12.4. The molecule has 0 aliphatic rings. The molecule has 0 aliphatic carbocycles. The number of nitrogens with zero attached hydrogens (tertiary/aromatic N) is 6. The lowest BCUT2D eigenvalue weighted by Crippen LogP contribution is -2.07. The Morgan fingerprint density at radius 2 is 1.71 bits per heavy atom. The minimum absolute atomic E-state index is 0.314. The fourth-order valence-electron chi connectivity index (χ4n) is 4.29. The SMILES string of the molecule is CCCCc1nnc(SCc2ccccc2C(=O)O)n1Cc1ccc(-c2ccccc2-c2nnn[nH]2)cc1. The summed E-state index contributed by atoms with van der Waals surface area (Å²) in [5.74, 6) is 1.14. The third-order valence-corrected chi connectivity index (χ3v) is 7.30. The summed E-state index contributed by atoms with van der Waals surface area (Å²) in [5.41, 5.74) is 5.24. The number of carbonyl (C=O) groups is 1. The van der Waals surface area contributed by atoms with Crippen LogP contribution in [0.1, 0.15) is 47.1 Å². The number of aromatic carboxylic acids is 1. The van der Waals surface area contributed by atoms with Crippen molar-refractivity contribution in [2.45, 2.75) is 43.6 Å². The van der Waals surface area contributed by atoms with E-state index in [1.807, 2.05) is 30.3 Å². The molecule has 0 radical (unpaired) electrons. The summed E-state index contributed by atoms with van der Waals surface area (Å²) in [6.45, 7) is 2.79. The van der Waals surface area contributed by atoms with E-state index < -0.39 is 5.97 Å². The van der Waals surface area contributed by atoms with E-state index in [1.165, 1.54) is 11.8 Å². The number of hydrogen-bond donors (Lipinski definition) is 2. The van der Waals surface area contributed by atoms with Crippen molar-refractivity contribution in [2.75, 3.05) is 0 Å². The number of carboxylic acids is 1. The second kappa shape index (κ2) is 11.8. The topological polar surface area (TPSA) is 122 Å². The molecule has 0 unspecified atom stereocenters. The van der Waals surface area contributed by atoms with Crippen molar-refractivity contribution in [3.8, 4) is 22.5 Å². The Morgan fingerprint density at radius 3 is 2.45 bits per heavy atom. The van der Waals surface area contributed by atoms with E-state index in [-0.39, 0.29) is 0 Å². The minimum Gasteiger partial charge on any atom is -0.478 e. The zero-order chi connectivity index (χ0) is 26.3. The van der Waals surface area contributed by atoms with Gasteiger partial charge in [0.05, 0.1) is 12.1 Å². The van der Waals surface area contributed by atoms with Gasteiger partial charge in [-0.1, -0.05) is 91.8 Å². The first-order chi connectivity index (χ1) is 18.6. The monoisotopic (exact) mass is 525 g/mol. The van der Waals surface area contributed by atoms with E-state index in [1.54, 1.807) is 12.1 Å². The Bertz CT molecular complexity index is 1510. The molecule has 2 heterocycles. The summed E-state index contributed by atoms with van der Waals surface area (Å²) in [6.07, 6.45) is 2.93. The molecule has 0 spiro atoms. The third-order valence-electron chi connectivity index (χ3n) is 6.29. The predicted octanol–water partition coefficient (Wildman–Crippen LogP) is 5.51. The number of thioether (sulfide) groups is 1. The van der Waals surface area contributed by atoms with Gasteiger partial charge >= 0.3 is 5.97 Å². The predicted molar refractivity (Wildman–Crippen MR) is 146 cm³/mol. The highest BCUT2D eigenvalue weighted by Crippen LogP contribution is 2.30. The van der Waals surface area contributed by atoms with Crippen LogP contribution in [0.5, 0.6) is 0 Å². The number of nitrogens with one attached hydrogen (secondary N) is 1. The van der Waals surface area contributed by atoms with Crippen molar-refractivity contribution in [3.63, 3.8) is 0 Å². The van der Waals surface area contributed by atoms with Gasteiger partial charge < -0.3 is 9.67 Å². The van der Waals surface area contributed by atoms with Gasteiger partial charge in [-0.15, -0.1) is 15.3 Å². The van der Waals surface area contributed by atoms with Crippen LogP contribution in [-0.4, -0.2) is 46.5 Å². The van der Waals surface area contributed by atoms with Gasteiger partial charge in [-0.05, 0) is 45.2 Å². The van der Waals surface area contributed by atoms with Gasteiger partial charge in [-0.3, -0.25) is 0 Å². The van der Waals surface area contributed by atoms with Gasteiger partial charge in [0.1, 0.15) is 5.82 Å². The molecule has 5 aromatic rings. The number of carboxylic acid groups (broad SMARTS) is 1. The van der Waals surface area contributed by atoms with Gasteiger partial charge in [0.15, 0.2) is 11.0 Å². The Labute approximate surface area is 224 Å². The fourth-order valence-corrected chi connectivity index (χ4v) is 5.25. The molecule has 3 aromatic carbocycles. The molecular formula is C28H27N7O2S. The lowest BCUT2D eigenvalue weighted by Gasteiger charge is -2.12. The van der Waals surface area contributed by atoms with Gasteiger partial charge in [0, 0.05) is 17.7 Å². The highest BCUT2D eigenvalue weighted by molar-refractivity contribution is 7.98. The van der Waals surface area contributed by atoms with E-state index in [0.717, 1.165) is 58.1 Å². The van der Waals surface area contributed by atoms with E-state index in [2.05, 4.69) is 72.6 Å². The molecule has 38 heavy (non-hydrogen) atoms. The third kappa shape index (κ3) is 5.65. The van der Waals surface area contributed by atoms with E-state index in [4.69, 9.17) is 0 Å². The van der Waals surface area contributed by atoms with Crippen LogP contribution in [0.2, 0.25) is 0 Å². The molecule has 9 nitrogen and oxygen atoms in total. The van der Waals surface area contributed by atoms with Gasteiger partial charge in [-0.25, -0.2) is 9.89 Å². The molecule has 0 bridgehead atoms. The summed E-state index contributed by atoms with van der Waals surface area (Å²) in [4.78, 5) is 11.6. The van der Waals surface area contributed by atoms with E-state index >= 15 is 0 Å². The molecule has 0 aliphatic heterocycles. The summed E-state index contributed by atoms with van der Waals surface area (Å²) < 4.78 is 2.15. The first kappa shape index (κ1) is 25.3. The van der Waals surface area contributed by atoms with Crippen LogP contribution in [0.15, 0.2) is 78.0 Å². The molecule has 0 atom stereocenters. The number of tetrazole rings is 1. The number of rotatable bonds is 11. The van der Waals surface area contributed by atoms with Crippen molar-refractivity contribution < 1.29 is 9.90 Å². The zero-order valence-electron chi connectivity index (χ0n) is 20.9. The first-order valence-corrected chi connectivity index (χ1v) is 13.4. The Balaban J connectivity index is 1.39. The molecule has 10 heteroatoms. The van der Waals surface area contributed by atoms with Crippen LogP contribution in [-0.2, 0) is 18.7 Å². The van der Waals surface area contributed by atoms with Crippen molar-refractivity contribution in [1.82, 2.24) is 35.4 Å². The molecule has 2 N–H and O–H groups in total. The maximum atomic E-state index is 11.6. The van der Waals surface area contributed by atoms with Gasteiger partial charge in [0.2, 0.25) is 0 Å². The molecule has 0 saturated heterocycles. The van der Waals surface area contributed by atoms with Crippen LogP contribution in [0.4, 0.5) is 0 Å². The largest absolute Gasteiger partial charge is 0.478 e. The van der Waals surface area contributed by atoms with Gasteiger partial charge in [0.25, 0.3) is 0 Å². The lowest BCUT2D eigenvalue weighted by molar-refractivity contribution is 0.0696. The summed E-state index contributed by atoms with van der Waals surface area (Å²) in [5, 5.41) is 33.6.